The molecule has 2 saturated carbocycles. The molecule has 6 nitrogen and oxygen atoms in total. The summed E-state index contributed by atoms with van der Waals surface area (Å²) in [5.41, 5.74) is 2.42. The molecule has 1 amide bonds. The summed E-state index contributed by atoms with van der Waals surface area (Å²) in [5.74, 6) is -0.922. The molecule has 5 unspecified atom stereocenters. The van der Waals surface area contributed by atoms with E-state index in [0.717, 1.165) is 70.6 Å². The van der Waals surface area contributed by atoms with E-state index < -0.39 is 36.1 Å². The van der Waals surface area contributed by atoms with Crippen molar-refractivity contribution in [2.75, 3.05) is 37.8 Å². The lowest BCUT2D eigenvalue weighted by Gasteiger charge is -2.51. The molecule has 0 N–H and O–H groups in total. The number of halogens is 5. The Bertz CT molecular complexity index is 1370. The Hall–Kier alpha value is -1.92. The van der Waals surface area contributed by atoms with Crippen LogP contribution >= 0.6 is 0 Å². The molecule has 5 aliphatic rings. The molecule has 51 heavy (non-hydrogen) atoms. The highest BCUT2D eigenvalue weighted by Gasteiger charge is 2.57. The maximum atomic E-state index is 13.1. The number of ketones is 1. The van der Waals surface area contributed by atoms with Crippen molar-refractivity contribution in [3.05, 3.63) is 29.3 Å². The number of fused-ring (bicyclic) bond motifs is 6. The molecule has 2 aliphatic heterocycles. The van der Waals surface area contributed by atoms with Crippen molar-refractivity contribution < 1.29 is 45.6 Å². The molecule has 8 atom stereocenters. The third kappa shape index (κ3) is 8.74. The summed E-state index contributed by atoms with van der Waals surface area (Å²) in [7, 11) is 0. The van der Waals surface area contributed by atoms with Gasteiger partial charge < -0.3 is 18.9 Å². The summed E-state index contributed by atoms with van der Waals surface area (Å²) in [6.07, 6.45) is 4.90. The fraction of sp³-hybridized carbons (Fsp3) is 0.795. The predicted octanol–water partition coefficient (Wildman–Crippen LogP) is 9.26. The first-order valence-corrected chi connectivity index (χ1v) is 20.8. The minimum Gasteiger partial charge on any atom is -0.616 e. The smallest absolute Gasteiger partial charge is 0.453 e. The summed E-state index contributed by atoms with van der Waals surface area (Å²) in [5, 5.41) is 0. The number of amides is 1. The Morgan fingerprint density at radius 1 is 0.980 bits per heavy atom. The molecular weight excluding hydrogens is 689 g/mol. The van der Waals surface area contributed by atoms with Crippen molar-refractivity contribution in [3.8, 4) is 5.75 Å². The van der Waals surface area contributed by atoms with Gasteiger partial charge in [0.15, 0.2) is 0 Å². The van der Waals surface area contributed by atoms with Crippen LogP contribution in [0.15, 0.2) is 18.2 Å². The van der Waals surface area contributed by atoms with E-state index in [2.05, 4.69) is 19.1 Å². The molecule has 2 saturated heterocycles. The van der Waals surface area contributed by atoms with E-state index in [0.29, 0.717) is 91.9 Å². The SMILES string of the molecule is C[C@]12CCC3c4ccc(OC(=O)N5CC6COCC6C5)cc4CC(CCCCCCCCC[S+]([O-])CCCC(F)(F)C(F)(F)F)[C@H]3[C@@H]1CCC2=O. The molecule has 3 aliphatic carbocycles. The number of rotatable bonds is 15. The first-order chi connectivity index (χ1) is 24.3. The molecule has 2 heterocycles. The van der Waals surface area contributed by atoms with Crippen LogP contribution < -0.4 is 4.74 Å². The van der Waals surface area contributed by atoms with Crippen LogP contribution in [0.3, 0.4) is 0 Å². The van der Waals surface area contributed by atoms with Gasteiger partial charge >= 0.3 is 18.2 Å². The molecule has 4 fully saturated rings. The Morgan fingerprint density at radius 2 is 1.65 bits per heavy atom. The van der Waals surface area contributed by atoms with Gasteiger partial charge in [-0.2, -0.15) is 22.0 Å². The van der Waals surface area contributed by atoms with E-state index in [4.69, 9.17) is 9.47 Å². The summed E-state index contributed by atoms with van der Waals surface area (Å²) >= 11 is -1.38. The second-order valence-corrected chi connectivity index (χ2v) is 18.0. The fourth-order valence-corrected chi connectivity index (χ4v) is 11.3. The Labute approximate surface area is 302 Å². The number of hydrogen-bond donors (Lipinski definition) is 0. The maximum absolute atomic E-state index is 13.1. The average Bonchev–Trinajstić information content (AvgIpc) is 3.77. The third-order valence-electron chi connectivity index (χ3n) is 13.0. The zero-order valence-corrected chi connectivity index (χ0v) is 30.6. The standard InChI is InChI=1S/C39H54F5NO5S/c1-37-17-15-32-31-12-11-30(50-36(47)45-22-28-24-49-25-29(28)23-45)21-27(31)20-26(35(32)33(37)13-14-34(37)46)10-7-5-3-2-4-6-8-18-51(48)19-9-16-38(40,41)39(42,43)44/h11-12,21,26,28-29,32-33,35H,2-10,13-20,22-25H2,1H3/t26?,28?,29?,32?,33-,35+,37-,51?/m0/s1. The van der Waals surface area contributed by atoms with E-state index in [1.54, 1.807) is 0 Å². The van der Waals surface area contributed by atoms with Crippen molar-refractivity contribution in [1.29, 1.82) is 0 Å². The van der Waals surface area contributed by atoms with Gasteiger partial charge in [0.1, 0.15) is 23.0 Å². The van der Waals surface area contributed by atoms with Gasteiger partial charge in [-0.05, 0) is 98.3 Å². The molecule has 0 aromatic heterocycles. The molecule has 1 aromatic rings. The molecule has 286 valence electrons. The van der Waals surface area contributed by atoms with Gasteiger partial charge in [-0.1, -0.05) is 56.3 Å². The lowest BCUT2D eigenvalue weighted by Crippen LogP contribution is -2.46. The molecule has 0 bridgehead atoms. The number of carbonyl (C=O) groups excluding carboxylic acids is 2. The van der Waals surface area contributed by atoms with Crippen molar-refractivity contribution in [2.24, 2.45) is 35.0 Å². The van der Waals surface area contributed by atoms with Gasteiger partial charge in [0, 0.05) is 43.2 Å². The van der Waals surface area contributed by atoms with Gasteiger partial charge in [-0.3, -0.25) is 4.79 Å². The summed E-state index contributed by atoms with van der Waals surface area (Å²) in [6, 6.07) is 6.23. The largest absolute Gasteiger partial charge is 0.616 e. The van der Waals surface area contributed by atoms with E-state index >= 15 is 0 Å². The van der Waals surface area contributed by atoms with Crippen molar-refractivity contribution in [1.82, 2.24) is 4.90 Å². The Balaban J connectivity index is 0.963. The van der Waals surface area contributed by atoms with E-state index in [-0.39, 0.29) is 17.3 Å². The minimum atomic E-state index is -5.56. The number of ether oxygens (including phenoxy) is 2. The third-order valence-corrected chi connectivity index (χ3v) is 14.5. The number of benzene rings is 1. The molecule has 12 heteroatoms. The highest BCUT2D eigenvalue weighted by molar-refractivity contribution is 7.91. The summed E-state index contributed by atoms with van der Waals surface area (Å²) in [4.78, 5) is 28.0. The number of alkyl halides is 5. The fourth-order valence-electron chi connectivity index (χ4n) is 10.1. The molecule has 0 spiro atoms. The molecule has 1 aromatic carbocycles. The second-order valence-electron chi connectivity index (χ2n) is 16.3. The average molecular weight is 744 g/mol. The quantitative estimate of drug-likeness (QED) is 0.102. The van der Waals surface area contributed by atoms with Crippen LogP contribution in [0.2, 0.25) is 0 Å². The highest BCUT2D eigenvalue weighted by atomic mass is 32.2. The number of hydrogen-bond acceptors (Lipinski definition) is 5. The summed E-state index contributed by atoms with van der Waals surface area (Å²) < 4.78 is 86.6. The van der Waals surface area contributed by atoms with Crippen molar-refractivity contribution >= 4 is 23.1 Å². The predicted molar refractivity (Wildman–Crippen MR) is 185 cm³/mol. The van der Waals surface area contributed by atoms with Gasteiger partial charge in [-0.15, -0.1) is 0 Å². The van der Waals surface area contributed by atoms with E-state index in [1.807, 2.05) is 11.0 Å². The van der Waals surface area contributed by atoms with Gasteiger partial charge in [0.2, 0.25) is 0 Å². The van der Waals surface area contributed by atoms with Crippen LogP contribution in [0.1, 0.15) is 114 Å². The van der Waals surface area contributed by atoms with Gasteiger partial charge in [-0.25, -0.2) is 4.79 Å². The number of unbranched alkanes of at least 4 members (excludes halogenated alkanes) is 6. The molecule has 6 rings (SSSR count). The highest BCUT2D eigenvalue weighted by Crippen LogP contribution is 2.61. The number of Topliss-reactive ketones (excluding diaryl/α,β-unsaturated/α-hetero) is 1. The first kappa shape index (κ1) is 38.8. The first-order valence-electron chi connectivity index (χ1n) is 19.3. The second kappa shape index (κ2) is 16.2. The van der Waals surface area contributed by atoms with Gasteiger partial charge in [0.25, 0.3) is 0 Å². The Kier molecular flexibility index (Phi) is 12.3. The zero-order valence-electron chi connectivity index (χ0n) is 29.8. The molecule has 0 radical (unpaired) electrons. The number of nitrogens with zero attached hydrogens (tertiary/aromatic N) is 1. The maximum Gasteiger partial charge on any atom is 0.453 e. The van der Waals surface area contributed by atoms with E-state index in [9.17, 15) is 36.1 Å². The van der Waals surface area contributed by atoms with Crippen LogP contribution in [-0.4, -0.2) is 71.2 Å². The summed E-state index contributed by atoms with van der Waals surface area (Å²) in [6.45, 7) is 5.00. The zero-order chi connectivity index (χ0) is 36.4. The van der Waals surface area contributed by atoms with Crippen molar-refractivity contribution in [3.63, 3.8) is 0 Å². The van der Waals surface area contributed by atoms with Gasteiger partial charge in [0.05, 0.1) is 13.2 Å². The van der Waals surface area contributed by atoms with Crippen LogP contribution in [0, 0.1) is 35.0 Å². The van der Waals surface area contributed by atoms with E-state index in [1.165, 1.54) is 11.1 Å². The lowest BCUT2D eigenvalue weighted by molar-refractivity contribution is -0.284. The topological polar surface area (TPSA) is 78.9 Å². The van der Waals surface area contributed by atoms with Crippen LogP contribution in [-0.2, 0) is 27.1 Å². The van der Waals surface area contributed by atoms with Crippen LogP contribution in [0.25, 0.3) is 0 Å². The number of likely N-dealkylation sites (tertiary alicyclic amines) is 1. The number of carbonyl (C=O) groups is 2. The van der Waals surface area contributed by atoms with Crippen molar-refractivity contribution in [2.45, 2.75) is 121 Å². The van der Waals surface area contributed by atoms with Crippen LogP contribution in [0.5, 0.6) is 5.75 Å². The van der Waals surface area contributed by atoms with Crippen LogP contribution in [0.4, 0.5) is 26.7 Å². The molecular formula is C39H54F5NO5S. The Morgan fingerprint density at radius 3 is 2.35 bits per heavy atom. The normalized spacial score (nSPS) is 30.9. The minimum absolute atomic E-state index is 0.130. The lowest BCUT2D eigenvalue weighted by atomic mass is 9.52. The monoisotopic (exact) mass is 743 g/mol.